The van der Waals surface area contributed by atoms with Crippen molar-refractivity contribution in [1.82, 2.24) is 14.4 Å². The van der Waals surface area contributed by atoms with Crippen LogP contribution < -0.4 is 0 Å². The molecule has 0 atom stereocenters. The van der Waals surface area contributed by atoms with Crippen LogP contribution in [0.3, 0.4) is 0 Å². The molecule has 62 valence electrons. The molecule has 3 nitrogen and oxygen atoms in total. The first-order valence-corrected chi connectivity index (χ1v) is 4.03. The second kappa shape index (κ2) is 2.45. The first kappa shape index (κ1) is 7.55. The van der Waals surface area contributed by atoms with Crippen molar-refractivity contribution in [2.24, 2.45) is 0 Å². The summed E-state index contributed by atoms with van der Waals surface area (Å²) in [5.41, 5.74) is 1.76. The van der Waals surface area contributed by atoms with E-state index in [0.717, 1.165) is 17.0 Å². The van der Waals surface area contributed by atoms with E-state index in [1.54, 1.807) is 6.20 Å². The van der Waals surface area contributed by atoms with E-state index >= 15 is 0 Å². The molecule has 0 radical (unpaired) electrons. The molecule has 0 saturated heterocycles. The van der Waals surface area contributed by atoms with E-state index in [2.05, 4.69) is 9.97 Å². The SMILES string of the molecule is Cc1cn2c(C)ncc2c(Cl)n1. The summed E-state index contributed by atoms with van der Waals surface area (Å²) >= 11 is 5.90. The quantitative estimate of drug-likeness (QED) is 0.622. The van der Waals surface area contributed by atoms with Crippen LogP contribution in [-0.4, -0.2) is 14.4 Å². The third kappa shape index (κ3) is 0.975. The molecule has 0 fully saturated rings. The van der Waals surface area contributed by atoms with Crippen molar-refractivity contribution in [1.29, 1.82) is 0 Å². The summed E-state index contributed by atoms with van der Waals surface area (Å²) in [4.78, 5) is 8.26. The number of nitrogens with zero attached hydrogens (tertiary/aromatic N) is 3. The summed E-state index contributed by atoms with van der Waals surface area (Å²) in [6.45, 7) is 3.84. The molecule has 0 unspecified atom stereocenters. The smallest absolute Gasteiger partial charge is 0.154 e. The van der Waals surface area contributed by atoms with Crippen LogP contribution in [0, 0.1) is 13.8 Å². The van der Waals surface area contributed by atoms with Crippen LogP contribution >= 0.6 is 11.6 Å². The van der Waals surface area contributed by atoms with Gasteiger partial charge < -0.3 is 0 Å². The second-order valence-electron chi connectivity index (χ2n) is 2.73. The second-order valence-corrected chi connectivity index (χ2v) is 3.09. The van der Waals surface area contributed by atoms with E-state index in [-0.39, 0.29) is 0 Å². The minimum Gasteiger partial charge on any atom is -0.299 e. The molecule has 0 amide bonds. The van der Waals surface area contributed by atoms with Crippen molar-refractivity contribution < 1.29 is 0 Å². The molecular formula is C8H8ClN3. The Morgan fingerprint density at radius 1 is 1.42 bits per heavy atom. The number of aryl methyl sites for hydroxylation is 2. The van der Waals surface area contributed by atoms with Gasteiger partial charge >= 0.3 is 0 Å². The van der Waals surface area contributed by atoms with Gasteiger partial charge in [-0.2, -0.15) is 0 Å². The highest BCUT2D eigenvalue weighted by Gasteiger charge is 2.04. The Labute approximate surface area is 75.0 Å². The lowest BCUT2D eigenvalue weighted by Crippen LogP contribution is -1.92. The lowest BCUT2D eigenvalue weighted by Gasteiger charge is -1.99. The zero-order valence-corrected chi connectivity index (χ0v) is 7.63. The van der Waals surface area contributed by atoms with E-state index in [1.807, 2.05) is 24.4 Å². The topological polar surface area (TPSA) is 30.2 Å². The Bertz CT molecular complexity index is 433. The van der Waals surface area contributed by atoms with Crippen molar-refractivity contribution in [2.45, 2.75) is 13.8 Å². The monoisotopic (exact) mass is 181 g/mol. The maximum Gasteiger partial charge on any atom is 0.154 e. The summed E-state index contributed by atoms with van der Waals surface area (Å²) in [5.74, 6) is 0.928. The van der Waals surface area contributed by atoms with E-state index in [0.29, 0.717) is 5.15 Å². The fraction of sp³-hybridized carbons (Fsp3) is 0.250. The summed E-state index contributed by atoms with van der Waals surface area (Å²) in [6.07, 6.45) is 3.65. The molecule has 0 spiro atoms. The molecule has 0 saturated carbocycles. The molecule has 2 heterocycles. The molecule has 12 heavy (non-hydrogen) atoms. The number of imidazole rings is 1. The lowest BCUT2D eigenvalue weighted by molar-refractivity contribution is 1.00. The lowest BCUT2D eigenvalue weighted by atomic mass is 10.5. The molecule has 2 aromatic rings. The van der Waals surface area contributed by atoms with Crippen molar-refractivity contribution >= 4 is 17.1 Å². The number of hydrogen-bond acceptors (Lipinski definition) is 2. The summed E-state index contributed by atoms with van der Waals surface area (Å²) < 4.78 is 1.94. The molecule has 0 aliphatic heterocycles. The van der Waals surface area contributed by atoms with Crippen molar-refractivity contribution in [3.63, 3.8) is 0 Å². The van der Waals surface area contributed by atoms with Crippen LogP contribution in [0.25, 0.3) is 5.52 Å². The predicted octanol–water partition coefficient (Wildman–Crippen LogP) is 2.00. The van der Waals surface area contributed by atoms with Crippen LogP contribution in [0.1, 0.15) is 11.5 Å². The molecule has 4 heteroatoms. The summed E-state index contributed by atoms with van der Waals surface area (Å²) in [7, 11) is 0. The van der Waals surface area contributed by atoms with Crippen molar-refractivity contribution in [3.05, 3.63) is 29.1 Å². The van der Waals surface area contributed by atoms with E-state index in [4.69, 9.17) is 11.6 Å². The number of fused-ring (bicyclic) bond motifs is 1. The number of halogens is 1. The van der Waals surface area contributed by atoms with Crippen LogP contribution in [-0.2, 0) is 0 Å². The molecule has 0 aliphatic carbocycles. The van der Waals surface area contributed by atoms with Crippen molar-refractivity contribution in [2.75, 3.05) is 0 Å². The number of rotatable bonds is 0. The minimum absolute atomic E-state index is 0.510. The average molecular weight is 182 g/mol. The maximum absolute atomic E-state index is 5.90. The van der Waals surface area contributed by atoms with Gasteiger partial charge in [-0.25, -0.2) is 9.97 Å². The Kier molecular flexibility index (Phi) is 1.54. The zero-order valence-electron chi connectivity index (χ0n) is 6.87. The standard InChI is InChI=1S/C8H8ClN3/c1-5-4-12-6(2)10-3-7(12)8(9)11-5/h3-4H,1-2H3. The zero-order chi connectivity index (χ0) is 8.72. The van der Waals surface area contributed by atoms with Crippen molar-refractivity contribution in [3.8, 4) is 0 Å². The Morgan fingerprint density at radius 2 is 2.17 bits per heavy atom. The van der Waals surface area contributed by atoms with Gasteiger partial charge in [-0.3, -0.25) is 4.40 Å². The fourth-order valence-electron chi connectivity index (χ4n) is 1.20. The summed E-state index contributed by atoms with van der Waals surface area (Å²) in [6, 6.07) is 0. The third-order valence-corrected chi connectivity index (χ3v) is 2.06. The van der Waals surface area contributed by atoms with Crippen LogP contribution in [0.2, 0.25) is 5.15 Å². The Hall–Kier alpha value is -1.09. The molecular weight excluding hydrogens is 174 g/mol. The average Bonchev–Trinajstić information content (AvgIpc) is 2.33. The van der Waals surface area contributed by atoms with Gasteiger partial charge in [-0.05, 0) is 13.8 Å². The minimum atomic E-state index is 0.510. The first-order valence-electron chi connectivity index (χ1n) is 3.65. The summed E-state index contributed by atoms with van der Waals surface area (Å²) in [5, 5.41) is 0.510. The Morgan fingerprint density at radius 3 is 2.92 bits per heavy atom. The predicted molar refractivity (Wildman–Crippen MR) is 47.5 cm³/mol. The molecule has 0 N–H and O–H groups in total. The normalized spacial score (nSPS) is 10.9. The van der Waals surface area contributed by atoms with Crippen LogP contribution in [0.5, 0.6) is 0 Å². The Balaban J connectivity index is 2.92. The van der Waals surface area contributed by atoms with E-state index in [9.17, 15) is 0 Å². The molecule has 0 bridgehead atoms. The molecule has 2 rings (SSSR count). The molecule has 0 aromatic carbocycles. The first-order chi connectivity index (χ1) is 5.68. The van der Waals surface area contributed by atoms with E-state index < -0.39 is 0 Å². The van der Waals surface area contributed by atoms with E-state index in [1.165, 1.54) is 0 Å². The number of aromatic nitrogens is 3. The van der Waals surface area contributed by atoms with Gasteiger partial charge in [-0.1, -0.05) is 11.6 Å². The highest BCUT2D eigenvalue weighted by Crippen LogP contribution is 2.15. The van der Waals surface area contributed by atoms with Gasteiger partial charge in [0.2, 0.25) is 0 Å². The van der Waals surface area contributed by atoms with Gasteiger partial charge in [0.1, 0.15) is 11.3 Å². The van der Waals surface area contributed by atoms with Gasteiger partial charge in [-0.15, -0.1) is 0 Å². The number of hydrogen-bond donors (Lipinski definition) is 0. The fourth-order valence-corrected chi connectivity index (χ4v) is 1.47. The maximum atomic E-state index is 5.90. The van der Waals surface area contributed by atoms with Gasteiger partial charge in [0.25, 0.3) is 0 Å². The van der Waals surface area contributed by atoms with Gasteiger partial charge in [0.15, 0.2) is 5.15 Å². The highest BCUT2D eigenvalue weighted by atomic mass is 35.5. The molecule has 0 aliphatic rings. The van der Waals surface area contributed by atoms with Crippen LogP contribution in [0.15, 0.2) is 12.4 Å². The van der Waals surface area contributed by atoms with Gasteiger partial charge in [0.05, 0.1) is 11.9 Å². The largest absolute Gasteiger partial charge is 0.299 e. The van der Waals surface area contributed by atoms with Crippen LogP contribution in [0.4, 0.5) is 0 Å². The third-order valence-electron chi connectivity index (χ3n) is 1.78. The van der Waals surface area contributed by atoms with Gasteiger partial charge in [0, 0.05) is 6.20 Å². The highest BCUT2D eigenvalue weighted by molar-refractivity contribution is 6.32. The molecule has 2 aromatic heterocycles.